The first-order valence-corrected chi connectivity index (χ1v) is 6.28. The molecule has 0 bridgehead atoms. The molecule has 21 heavy (non-hydrogen) atoms. The fraction of sp³-hybridized carbons (Fsp3) is 0.0714. The van der Waals surface area contributed by atoms with Gasteiger partial charge >= 0.3 is 0 Å². The maximum Gasteiger partial charge on any atom is 0.205 e. The molecule has 0 aliphatic heterocycles. The van der Waals surface area contributed by atoms with E-state index in [1.807, 2.05) is 37.3 Å². The molecule has 7 nitrogen and oxygen atoms in total. The summed E-state index contributed by atoms with van der Waals surface area (Å²) in [7, 11) is 0. The van der Waals surface area contributed by atoms with Crippen molar-refractivity contribution >= 4 is 5.69 Å². The molecule has 3 rings (SSSR count). The van der Waals surface area contributed by atoms with Crippen LogP contribution in [0.1, 0.15) is 5.56 Å². The summed E-state index contributed by atoms with van der Waals surface area (Å²) in [5.74, 6) is 0.461. The van der Waals surface area contributed by atoms with Crippen LogP contribution in [-0.4, -0.2) is 20.6 Å². The van der Waals surface area contributed by atoms with Gasteiger partial charge in [-0.25, -0.2) is 0 Å². The molecule has 2 aromatic carbocycles. The van der Waals surface area contributed by atoms with Crippen molar-refractivity contribution in [3.63, 3.8) is 0 Å². The van der Waals surface area contributed by atoms with E-state index in [9.17, 15) is 0 Å². The molecule has 7 heteroatoms. The number of aryl methyl sites for hydroxylation is 1. The zero-order chi connectivity index (χ0) is 14.7. The van der Waals surface area contributed by atoms with Crippen molar-refractivity contribution in [1.82, 2.24) is 20.6 Å². The van der Waals surface area contributed by atoms with Gasteiger partial charge in [-0.2, -0.15) is 5.21 Å². The number of aromatic nitrogens is 4. The van der Waals surface area contributed by atoms with E-state index in [4.69, 9.17) is 5.53 Å². The van der Waals surface area contributed by atoms with Gasteiger partial charge in [0.2, 0.25) is 5.82 Å². The number of aromatic amines is 1. The van der Waals surface area contributed by atoms with Crippen LogP contribution in [0, 0.1) is 6.92 Å². The molecule has 0 saturated carbocycles. The summed E-state index contributed by atoms with van der Waals surface area (Å²) >= 11 is 0. The normalized spacial score (nSPS) is 10.1. The fourth-order valence-electron chi connectivity index (χ4n) is 2.22. The van der Waals surface area contributed by atoms with Crippen LogP contribution in [0.4, 0.5) is 5.69 Å². The number of hydrogen-bond acceptors (Lipinski definition) is 4. The van der Waals surface area contributed by atoms with Crippen LogP contribution in [0.3, 0.4) is 0 Å². The van der Waals surface area contributed by atoms with Crippen LogP contribution >= 0.6 is 0 Å². The lowest BCUT2D eigenvalue weighted by Gasteiger charge is -2.10. The molecule has 1 heterocycles. The minimum atomic E-state index is 0.461. The van der Waals surface area contributed by atoms with Gasteiger partial charge in [0.25, 0.3) is 0 Å². The molecule has 0 saturated heterocycles. The van der Waals surface area contributed by atoms with Gasteiger partial charge in [-0.15, -0.1) is 10.2 Å². The molecule has 0 atom stereocenters. The highest BCUT2D eigenvalue weighted by molar-refractivity contribution is 5.83. The average Bonchev–Trinajstić information content (AvgIpc) is 3.02. The van der Waals surface area contributed by atoms with E-state index in [-0.39, 0.29) is 0 Å². The molecule has 0 radical (unpaired) electrons. The van der Waals surface area contributed by atoms with Gasteiger partial charge in [-0.1, -0.05) is 41.5 Å². The van der Waals surface area contributed by atoms with Crippen LogP contribution in [0.15, 0.2) is 47.6 Å². The minimum Gasteiger partial charge on any atom is -0.177 e. The van der Waals surface area contributed by atoms with E-state index in [2.05, 4.69) is 30.7 Å². The highest BCUT2D eigenvalue weighted by Crippen LogP contribution is 2.34. The number of hydrogen-bond donors (Lipinski definition) is 1. The zero-order valence-electron chi connectivity index (χ0n) is 11.2. The van der Waals surface area contributed by atoms with Gasteiger partial charge in [0.15, 0.2) is 0 Å². The number of nitrogens with one attached hydrogen (secondary N) is 1. The molecular weight excluding hydrogens is 266 g/mol. The van der Waals surface area contributed by atoms with Gasteiger partial charge in [-0.3, -0.25) is 0 Å². The predicted molar refractivity (Wildman–Crippen MR) is 78.6 cm³/mol. The molecule has 0 spiro atoms. The lowest BCUT2D eigenvalue weighted by atomic mass is 9.95. The number of nitrogens with zero attached hydrogens (tertiary/aromatic N) is 6. The minimum absolute atomic E-state index is 0.461. The van der Waals surface area contributed by atoms with Crippen molar-refractivity contribution < 1.29 is 0 Å². The Hall–Kier alpha value is -3.18. The largest absolute Gasteiger partial charge is 0.205 e. The zero-order valence-corrected chi connectivity index (χ0v) is 11.2. The summed E-state index contributed by atoms with van der Waals surface area (Å²) in [6.07, 6.45) is 0. The van der Waals surface area contributed by atoms with Crippen LogP contribution in [0.5, 0.6) is 0 Å². The lowest BCUT2D eigenvalue weighted by Crippen LogP contribution is -1.89. The first-order chi connectivity index (χ1) is 10.3. The standard InChI is InChI=1S/C14H11N7/c1-9-4-2-3-5-11(9)12-7-6-10(16-19-15)8-13(12)14-17-20-21-18-14/h2-8H,1H3,(H,17,18,20,21). The smallest absolute Gasteiger partial charge is 0.177 e. The first-order valence-electron chi connectivity index (χ1n) is 6.28. The van der Waals surface area contributed by atoms with E-state index in [0.29, 0.717) is 11.5 Å². The highest BCUT2D eigenvalue weighted by atomic mass is 15.5. The second kappa shape index (κ2) is 5.44. The number of H-pyrrole nitrogens is 1. The van der Waals surface area contributed by atoms with Gasteiger partial charge < -0.3 is 0 Å². The van der Waals surface area contributed by atoms with Crippen molar-refractivity contribution in [3.05, 3.63) is 58.5 Å². The number of benzene rings is 2. The summed E-state index contributed by atoms with van der Waals surface area (Å²) in [5.41, 5.74) is 13.0. The molecule has 0 aliphatic carbocycles. The number of rotatable bonds is 3. The summed E-state index contributed by atoms with van der Waals surface area (Å²) in [6, 6.07) is 13.5. The molecule has 3 aromatic rings. The van der Waals surface area contributed by atoms with E-state index < -0.39 is 0 Å². The maximum atomic E-state index is 8.58. The Kier molecular flexibility index (Phi) is 3.32. The van der Waals surface area contributed by atoms with Crippen molar-refractivity contribution in [3.8, 4) is 22.5 Å². The molecule has 102 valence electrons. The van der Waals surface area contributed by atoms with Crippen molar-refractivity contribution in [1.29, 1.82) is 0 Å². The summed E-state index contributed by atoms with van der Waals surface area (Å²) < 4.78 is 0. The topological polar surface area (TPSA) is 103 Å². The van der Waals surface area contributed by atoms with Gasteiger partial charge in [0.1, 0.15) is 0 Å². The lowest BCUT2D eigenvalue weighted by molar-refractivity contribution is 0.881. The van der Waals surface area contributed by atoms with E-state index in [1.54, 1.807) is 12.1 Å². The predicted octanol–water partition coefficient (Wildman–Crippen LogP) is 3.78. The molecular formula is C14H11N7. The van der Waals surface area contributed by atoms with Gasteiger partial charge in [0.05, 0.1) is 0 Å². The highest BCUT2D eigenvalue weighted by Gasteiger charge is 2.13. The summed E-state index contributed by atoms with van der Waals surface area (Å²) in [6.45, 7) is 2.04. The Morgan fingerprint density at radius 2 is 1.95 bits per heavy atom. The van der Waals surface area contributed by atoms with E-state index in [1.165, 1.54) is 0 Å². The molecule has 0 amide bonds. The Bertz CT molecular complexity index is 817. The second-order valence-electron chi connectivity index (χ2n) is 4.47. The Morgan fingerprint density at radius 1 is 1.10 bits per heavy atom. The average molecular weight is 277 g/mol. The SMILES string of the molecule is Cc1ccccc1-c1ccc(N=[N+]=[N-])cc1-c1nn[nH]n1. The van der Waals surface area contributed by atoms with Crippen LogP contribution in [0.2, 0.25) is 0 Å². The van der Waals surface area contributed by atoms with Crippen LogP contribution < -0.4 is 0 Å². The molecule has 0 unspecified atom stereocenters. The van der Waals surface area contributed by atoms with Crippen LogP contribution in [-0.2, 0) is 0 Å². The fourth-order valence-corrected chi connectivity index (χ4v) is 2.22. The maximum absolute atomic E-state index is 8.58. The summed E-state index contributed by atoms with van der Waals surface area (Å²) in [4.78, 5) is 2.81. The summed E-state index contributed by atoms with van der Waals surface area (Å²) in [5, 5.41) is 17.7. The molecule has 1 aromatic heterocycles. The van der Waals surface area contributed by atoms with Crippen LogP contribution in [0.25, 0.3) is 33.0 Å². The van der Waals surface area contributed by atoms with Gasteiger partial charge in [0, 0.05) is 16.2 Å². The third-order valence-electron chi connectivity index (χ3n) is 3.18. The first kappa shape index (κ1) is 12.8. The van der Waals surface area contributed by atoms with Gasteiger partial charge in [-0.05, 0) is 40.4 Å². The molecule has 1 N–H and O–H groups in total. The molecule has 0 fully saturated rings. The third kappa shape index (κ3) is 2.45. The Balaban J connectivity index is 2.25. The Labute approximate surface area is 120 Å². The van der Waals surface area contributed by atoms with Crippen molar-refractivity contribution in [2.45, 2.75) is 6.92 Å². The quantitative estimate of drug-likeness (QED) is 0.447. The molecule has 0 aliphatic rings. The number of azide groups is 1. The van der Waals surface area contributed by atoms with E-state index >= 15 is 0 Å². The van der Waals surface area contributed by atoms with E-state index in [0.717, 1.165) is 22.3 Å². The third-order valence-corrected chi connectivity index (χ3v) is 3.18. The van der Waals surface area contributed by atoms with Crippen molar-refractivity contribution in [2.24, 2.45) is 5.11 Å². The number of tetrazole rings is 1. The Morgan fingerprint density at radius 3 is 2.67 bits per heavy atom. The second-order valence-corrected chi connectivity index (χ2v) is 4.47. The van der Waals surface area contributed by atoms with Crippen molar-refractivity contribution in [2.75, 3.05) is 0 Å². The monoisotopic (exact) mass is 277 g/mol.